The third kappa shape index (κ3) is 2.10. The van der Waals surface area contributed by atoms with Gasteiger partial charge >= 0.3 is 0 Å². The number of nitrogens with two attached hydrogens (primary N) is 1. The van der Waals surface area contributed by atoms with Crippen LogP contribution in [0.1, 0.15) is 10.4 Å². The van der Waals surface area contributed by atoms with E-state index >= 15 is 0 Å². The number of thiophene rings is 1. The number of nitrogen functional groups attached to an aromatic ring is 1. The predicted octanol–water partition coefficient (Wildman–Crippen LogP) is 1.83. The number of H-pyrrole nitrogens is 1. The minimum absolute atomic E-state index is 0.124. The predicted molar refractivity (Wildman–Crippen MR) is 80.8 cm³/mol. The third-order valence-corrected chi connectivity index (χ3v) is 4.65. The van der Waals surface area contributed by atoms with Gasteiger partial charge in [0, 0.05) is 11.4 Å². The summed E-state index contributed by atoms with van der Waals surface area (Å²) >= 11 is 5.20. The standard InChI is InChI=1S/C11H12BrN5OS/c1-5-6(2-3-19-5)4-17-8-7(14-10(17)12)9(18)16-11(13)15-8/h2-3,10,14H,4H2,1H3,(H3,13,15,16,18). The number of nitrogens with zero attached hydrogens (tertiary/aromatic N) is 2. The van der Waals surface area contributed by atoms with Crippen LogP contribution in [0.3, 0.4) is 0 Å². The number of anilines is 3. The van der Waals surface area contributed by atoms with Crippen molar-refractivity contribution < 1.29 is 0 Å². The molecule has 0 bridgehead atoms. The molecule has 0 amide bonds. The fourth-order valence-electron chi connectivity index (χ4n) is 2.03. The van der Waals surface area contributed by atoms with Crippen LogP contribution >= 0.6 is 27.3 Å². The van der Waals surface area contributed by atoms with Crippen molar-refractivity contribution in [3.05, 3.63) is 32.2 Å². The van der Waals surface area contributed by atoms with Crippen LogP contribution in [0.5, 0.6) is 0 Å². The minimum Gasteiger partial charge on any atom is -0.369 e. The van der Waals surface area contributed by atoms with E-state index in [1.165, 1.54) is 10.4 Å². The number of aromatic nitrogens is 2. The second-order valence-electron chi connectivity index (χ2n) is 4.26. The van der Waals surface area contributed by atoms with Crippen molar-refractivity contribution >= 4 is 44.7 Å². The van der Waals surface area contributed by atoms with Gasteiger partial charge in [0.05, 0.1) is 0 Å². The van der Waals surface area contributed by atoms with Gasteiger partial charge < -0.3 is 16.0 Å². The lowest BCUT2D eigenvalue weighted by atomic mass is 10.2. The maximum absolute atomic E-state index is 11.8. The molecule has 8 heteroatoms. The molecule has 0 aromatic carbocycles. The van der Waals surface area contributed by atoms with E-state index in [4.69, 9.17) is 5.73 Å². The van der Waals surface area contributed by atoms with E-state index in [1.54, 1.807) is 11.3 Å². The molecule has 0 fully saturated rings. The highest BCUT2D eigenvalue weighted by Gasteiger charge is 2.31. The van der Waals surface area contributed by atoms with Gasteiger partial charge in [-0.3, -0.25) is 9.78 Å². The Labute approximate surface area is 121 Å². The number of rotatable bonds is 2. The summed E-state index contributed by atoms with van der Waals surface area (Å²) in [6.45, 7) is 2.74. The SMILES string of the molecule is Cc1sccc1CN1c2nc(N)[nH]c(=O)c2NC1Br. The van der Waals surface area contributed by atoms with Crippen LogP contribution in [-0.4, -0.2) is 15.0 Å². The molecule has 1 aliphatic heterocycles. The van der Waals surface area contributed by atoms with Gasteiger partial charge in [-0.15, -0.1) is 11.3 Å². The summed E-state index contributed by atoms with van der Waals surface area (Å²) in [6.07, 6.45) is 0. The Kier molecular flexibility index (Phi) is 2.98. The molecule has 19 heavy (non-hydrogen) atoms. The first-order valence-electron chi connectivity index (χ1n) is 5.66. The monoisotopic (exact) mass is 341 g/mol. The summed E-state index contributed by atoms with van der Waals surface area (Å²) in [5.74, 6) is 0.702. The van der Waals surface area contributed by atoms with Gasteiger partial charge in [-0.1, -0.05) is 0 Å². The van der Waals surface area contributed by atoms with Crippen LogP contribution in [0.25, 0.3) is 0 Å². The highest BCUT2D eigenvalue weighted by Crippen LogP contribution is 2.34. The quantitative estimate of drug-likeness (QED) is 0.573. The molecule has 2 aromatic heterocycles. The van der Waals surface area contributed by atoms with E-state index in [0.717, 1.165) is 0 Å². The maximum Gasteiger partial charge on any atom is 0.277 e. The Hall–Kier alpha value is -1.54. The zero-order valence-corrected chi connectivity index (χ0v) is 12.5. The zero-order chi connectivity index (χ0) is 13.6. The van der Waals surface area contributed by atoms with Gasteiger partial charge in [-0.25, -0.2) is 0 Å². The molecule has 3 heterocycles. The largest absolute Gasteiger partial charge is 0.369 e. The van der Waals surface area contributed by atoms with Crippen molar-refractivity contribution in [1.29, 1.82) is 0 Å². The lowest BCUT2D eigenvalue weighted by Gasteiger charge is -2.21. The zero-order valence-electron chi connectivity index (χ0n) is 10.1. The first-order chi connectivity index (χ1) is 9.06. The van der Waals surface area contributed by atoms with Crippen LogP contribution < -0.4 is 21.5 Å². The molecule has 1 aliphatic rings. The molecular weight excluding hydrogens is 330 g/mol. The van der Waals surface area contributed by atoms with E-state index in [-0.39, 0.29) is 16.6 Å². The van der Waals surface area contributed by atoms with Crippen molar-refractivity contribution in [2.24, 2.45) is 0 Å². The fraction of sp³-hybridized carbons (Fsp3) is 0.273. The van der Waals surface area contributed by atoms with Crippen LogP contribution in [0, 0.1) is 6.92 Å². The normalized spacial score (nSPS) is 17.4. The molecule has 1 atom stereocenters. The number of halogens is 1. The van der Waals surface area contributed by atoms with Gasteiger partial charge in [-0.05, 0) is 39.9 Å². The number of nitrogens with one attached hydrogen (secondary N) is 2. The molecule has 0 spiro atoms. The average molecular weight is 342 g/mol. The lowest BCUT2D eigenvalue weighted by Crippen LogP contribution is -2.30. The second-order valence-corrected chi connectivity index (χ2v) is 6.25. The van der Waals surface area contributed by atoms with Gasteiger partial charge in [0.2, 0.25) is 5.95 Å². The first kappa shape index (κ1) is 12.5. The summed E-state index contributed by atoms with van der Waals surface area (Å²) in [7, 11) is 0. The van der Waals surface area contributed by atoms with E-state index in [1.807, 2.05) is 4.90 Å². The van der Waals surface area contributed by atoms with Gasteiger partial charge in [0.15, 0.2) is 10.9 Å². The van der Waals surface area contributed by atoms with Crippen LogP contribution in [0.2, 0.25) is 0 Å². The number of aromatic amines is 1. The average Bonchev–Trinajstić information content (AvgIpc) is 2.87. The molecule has 1 unspecified atom stereocenters. The van der Waals surface area contributed by atoms with Crippen molar-refractivity contribution in [3.8, 4) is 0 Å². The molecule has 3 rings (SSSR count). The summed E-state index contributed by atoms with van der Waals surface area (Å²) < 4.78 is 0. The molecule has 4 N–H and O–H groups in total. The van der Waals surface area contributed by atoms with Crippen LogP contribution in [0.4, 0.5) is 17.5 Å². The topological polar surface area (TPSA) is 87.0 Å². The van der Waals surface area contributed by atoms with Gasteiger partial charge in [0.25, 0.3) is 5.56 Å². The first-order valence-corrected chi connectivity index (χ1v) is 7.46. The van der Waals surface area contributed by atoms with Gasteiger partial charge in [-0.2, -0.15) is 4.98 Å². The summed E-state index contributed by atoms with van der Waals surface area (Å²) in [5.41, 5.74) is 7.02. The van der Waals surface area contributed by atoms with E-state index < -0.39 is 0 Å². The fourth-order valence-corrected chi connectivity index (χ4v) is 3.32. The number of hydrogen-bond donors (Lipinski definition) is 3. The smallest absolute Gasteiger partial charge is 0.277 e. The Morgan fingerprint density at radius 2 is 2.42 bits per heavy atom. The minimum atomic E-state index is -0.253. The number of hydrogen-bond acceptors (Lipinski definition) is 6. The Balaban J connectivity index is 2.01. The van der Waals surface area contributed by atoms with Crippen molar-refractivity contribution in [3.63, 3.8) is 0 Å². The Morgan fingerprint density at radius 3 is 3.11 bits per heavy atom. The highest BCUT2D eigenvalue weighted by atomic mass is 79.9. The van der Waals surface area contributed by atoms with E-state index in [2.05, 4.69) is 49.6 Å². The highest BCUT2D eigenvalue weighted by molar-refractivity contribution is 9.09. The van der Waals surface area contributed by atoms with Crippen molar-refractivity contribution in [1.82, 2.24) is 9.97 Å². The molecule has 100 valence electrons. The summed E-state index contributed by atoms with van der Waals surface area (Å²) in [4.78, 5) is 21.7. The summed E-state index contributed by atoms with van der Waals surface area (Å²) in [5, 5.41) is 4.94. The second kappa shape index (κ2) is 4.53. The van der Waals surface area contributed by atoms with E-state index in [0.29, 0.717) is 18.1 Å². The van der Waals surface area contributed by atoms with Crippen molar-refractivity contribution in [2.45, 2.75) is 18.5 Å². The van der Waals surface area contributed by atoms with Crippen LogP contribution in [-0.2, 0) is 6.54 Å². The van der Waals surface area contributed by atoms with Crippen LogP contribution in [0.15, 0.2) is 16.2 Å². The Bertz CT molecular complexity index is 682. The number of aryl methyl sites for hydroxylation is 1. The summed E-state index contributed by atoms with van der Waals surface area (Å²) in [6, 6.07) is 2.08. The molecule has 0 saturated carbocycles. The Morgan fingerprint density at radius 1 is 1.63 bits per heavy atom. The molecule has 0 saturated heterocycles. The molecule has 2 aromatic rings. The molecule has 0 aliphatic carbocycles. The molecule has 6 nitrogen and oxygen atoms in total. The molecular formula is C11H12BrN5OS. The van der Waals surface area contributed by atoms with Gasteiger partial charge in [0.1, 0.15) is 5.69 Å². The molecule has 0 radical (unpaired) electrons. The van der Waals surface area contributed by atoms with E-state index in [9.17, 15) is 4.79 Å². The maximum atomic E-state index is 11.8. The third-order valence-electron chi connectivity index (χ3n) is 3.03. The lowest BCUT2D eigenvalue weighted by molar-refractivity contribution is 0.828. The number of alkyl halides is 1. The number of fused-ring (bicyclic) bond motifs is 1. The van der Waals surface area contributed by atoms with Crippen molar-refractivity contribution in [2.75, 3.05) is 16.0 Å².